The molecule has 1 fully saturated rings. The summed E-state index contributed by atoms with van der Waals surface area (Å²) < 4.78 is 33.1. The van der Waals surface area contributed by atoms with Gasteiger partial charge in [0.1, 0.15) is 12.4 Å². The van der Waals surface area contributed by atoms with Gasteiger partial charge in [-0.3, -0.25) is 9.59 Å². The Morgan fingerprint density at radius 3 is 2.33 bits per heavy atom. The Hall–Kier alpha value is -3.67. The number of nitrogens with one attached hydrogen (secondary N) is 2. The zero-order chi connectivity index (χ0) is 29.5. The van der Waals surface area contributed by atoms with Crippen LogP contribution < -0.4 is 44.3 Å². The molecule has 1 saturated heterocycles. The van der Waals surface area contributed by atoms with Gasteiger partial charge in [-0.2, -0.15) is 0 Å². The molecule has 4 aromatic carbocycles. The summed E-state index contributed by atoms with van der Waals surface area (Å²) in [4.78, 5) is 30.1. The third-order valence-electron chi connectivity index (χ3n) is 6.20. The van der Waals surface area contributed by atoms with Crippen molar-refractivity contribution in [2.75, 3.05) is 0 Å². The smallest absolute Gasteiger partial charge is 1.00 e. The van der Waals surface area contributed by atoms with Gasteiger partial charge in [-0.15, -0.1) is 0 Å². The number of para-hydroxylation sites is 1. The van der Waals surface area contributed by atoms with Crippen molar-refractivity contribution in [3.05, 3.63) is 130 Å². The van der Waals surface area contributed by atoms with Crippen molar-refractivity contribution in [2.24, 2.45) is 4.99 Å². The largest absolute Gasteiger partial charge is 1.00 e. The van der Waals surface area contributed by atoms with E-state index in [9.17, 15) is 18.0 Å². The number of aliphatic imine (C=N–C) groups is 1. The van der Waals surface area contributed by atoms with Gasteiger partial charge in [0.25, 0.3) is 15.9 Å². The van der Waals surface area contributed by atoms with Crippen LogP contribution in [0, 0.1) is 6.92 Å². The molecular weight excluding hydrogens is 593 g/mol. The van der Waals surface area contributed by atoms with E-state index in [0.29, 0.717) is 33.7 Å². The van der Waals surface area contributed by atoms with E-state index >= 15 is 0 Å². The minimum atomic E-state index is -3.95. The number of sulfonamides is 1. The number of hydrogen-bond donors (Lipinski definition) is 2. The van der Waals surface area contributed by atoms with Crippen LogP contribution in [0.15, 0.2) is 118 Å². The Kier molecular flexibility index (Phi) is 11.0. The van der Waals surface area contributed by atoms with Crippen LogP contribution in [0.4, 0.5) is 5.69 Å². The summed E-state index contributed by atoms with van der Waals surface area (Å²) in [6, 6.07) is 30.4. The first-order chi connectivity index (χ1) is 20.2. The molecule has 2 amide bonds. The Morgan fingerprint density at radius 1 is 0.930 bits per heavy atom. The maximum absolute atomic E-state index is 12.7. The van der Waals surface area contributed by atoms with Crippen molar-refractivity contribution < 1.29 is 53.7 Å². The molecule has 0 unspecified atom stereocenters. The number of carbonyl (C=O) groups excluding carboxylic acids is 2. The van der Waals surface area contributed by atoms with Crippen LogP contribution in [0.25, 0.3) is 6.08 Å². The fourth-order valence-electron chi connectivity index (χ4n) is 4.04. The maximum atomic E-state index is 12.7. The average Bonchev–Trinajstić information content (AvgIpc) is 3.32. The van der Waals surface area contributed by atoms with Crippen molar-refractivity contribution in [1.82, 2.24) is 10.0 Å². The minimum Gasteiger partial charge on any atom is -1.00 e. The van der Waals surface area contributed by atoms with Crippen LogP contribution in [0.5, 0.6) is 5.75 Å². The Balaban J connectivity index is 0.00000264. The third kappa shape index (κ3) is 8.92. The number of hydrogen-bond acceptors (Lipinski definition) is 7. The molecule has 1 heterocycles. The van der Waals surface area contributed by atoms with Gasteiger partial charge >= 0.3 is 29.6 Å². The van der Waals surface area contributed by atoms with Crippen molar-refractivity contribution in [3.63, 3.8) is 0 Å². The standard InChI is InChI=1S/C32H27N3O5S2.Na.H/c1-22-11-17-27(18-12-22)42(38,39)35-30(36)19-23-13-15-26(16-14-23)33-32-34-31(37)29(41-32)20-25-9-5-6-10-28(25)40-21-24-7-3-2-4-8-24;;/h2-18,20H,19,21H2,1H3,(H,35,36)(H,33,34,37);;/q;+1;-1/b29-20+;;. The number of thioether (sulfide) groups is 1. The van der Waals surface area contributed by atoms with Gasteiger partial charge in [-0.25, -0.2) is 18.1 Å². The molecule has 214 valence electrons. The van der Waals surface area contributed by atoms with Crippen LogP contribution >= 0.6 is 11.8 Å². The Morgan fingerprint density at radius 2 is 1.60 bits per heavy atom. The van der Waals surface area contributed by atoms with Crippen molar-refractivity contribution in [1.29, 1.82) is 0 Å². The van der Waals surface area contributed by atoms with Gasteiger partial charge in [-0.1, -0.05) is 78.4 Å². The number of carbonyl (C=O) groups is 2. The first-order valence-electron chi connectivity index (χ1n) is 13.0. The molecule has 0 aliphatic carbocycles. The normalized spacial score (nSPS) is 14.7. The van der Waals surface area contributed by atoms with E-state index in [1.165, 1.54) is 23.9 Å². The van der Waals surface area contributed by atoms with E-state index in [1.807, 2.05) is 61.5 Å². The molecule has 2 N–H and O–H groups in total. The predicted molar refractivity (Wildman–Crippen MR) is 166 cm³/mol. The molecular formula is C32H28N3NaO5S2. The number of ether oxygens (including phenoxy) is 1. The van der Waals surface area contributed by atoms with Crippen LogP contribution in [-0.4, -0.2) is 25.4 Å². The second-order valence-corrected chi connectivity index (χ2v) is 12.2. The Bertz CT molecular complexity index is 1780. The van der Waals surface area contributed by atoms with Gasteiger partial charge in [0.05, 0.1) is 21.9 Å². The summed E-state index contributed by atoms with van der Waals surface area (Å²) in [6.45, 7) is 2.26. The molecule has 8 nitrogen and oxygen atoms in total. The van der Waals surface area contributed by atoms with E-state index in [4.69, 9.17) is 4.74 Å². The van der Waals surface area contributed by atoms with Crippen molar-refractivity contribution in [3.8, 4) is 5.75 Å². The zero-order valence-corrected chi connectivity index (χ0v) is 27.2. The quantitative estimate of drug-likeness (QED) is 0.220. The number of rotatable bonds is 9. The molecule has 1 aliphatic heterocycles. The molecule has 0 atom stereocenters. The van der Waals surface area contributed by atoms with Gasteiger partial charge in [0, 0.05) is 5.56 Å². The van der Waals surface area contributed by atoms with E-state index in [2.05, 4.69) is 15.0 Å². The molecule has 1 aliphatic rings. The average molecular weight is 622 g/mol. The molecule has 4 aromatic rings. The number of nitrogens with zero attached hydrogens (tertiary/aromatic N) is 1. The van der Waals surface area contributed by atoms with Crippen LogP contribution in [0.2, 0.25) is 0 Å². The van der Waals surface area contributed by atoms with Gasteiger partial charge in [-0.05, 0) is 66.2 Å². The summed E-state index contributed by atoms with van der Waals surface area (Å²) >= 11 is 1.22. The summed E-state index contributed by atoms with van der Waals surface area (Å²) in [5.41, 5.74) is 3.93. The molecule has 0 aromatic heterocycles. The molecule has 0 saturated carbocycles. The molecule has 5 rings (SSSR count). The van der Waals surface area contributed by atoms with E-state index in [1.54, 1.807) is 42.5 Å². The fourth-order valence-corrected chi connectivity index (χ4v) is 5.86. The first-order valence-corrected chi connectivity index (χ1v) is 15.3. The van der Waals surface area contributed by atoms with Gasteiger partial charge in [0.15, 0.2) is 5.17 Å². The second kappa shape index (κ2) is 14.7. The molecule has 0 radical (unpaired) electrons. The van der Waals surface area contributed by atoms with Crippen LogP contribution in [-0.2, 0) is 32.6 Å². The minimum absolute atomic E-state index is 0. The number of aryl methyl sites for hydroxylation is 1. The Labute approximate surface area is 278 Å². The summed E-state index contributed by atoms with van der Waals surface area (Å²) in [5, 5.41) is 3.20. The van der Waals surface area contributed by atoms with Crippen LogP contribution in [0.1, 0.15) is 23.7 Å². The monoisotopic (exact) mass is 621 g/mol. The van der Waals surface area contributed by atoms with Crippen molar-refractivity contribution in [2.45, 2.75) is 24.8 Å². The fraction of sp³-hybridized carbons (Fsp3) is 0.0938. The summed E-state index contributed by atoms with van der Waals surface area (Å²) in [6.07, 6.45) is 1.65. The predicted octanol–water partition coefficient (Wildman–Crippen LogP) is 2.63. The number of amides is 2. The summed E-state index contributed by atoms with van der Waals surface area (Å²) in [5.74, 6) is -0.241. The zero-order valence-electron chi connectivity index (χ0n) is 24.6. The van der Waals surface area contributed by atoms with E-state index < -0.39 is 15.9 Å². The molecule has 43 heavy (non-hydrogen) atoms. The second-order valence-electron chi connectivity index (χ2n) is 9.48. The van der Waals surface area contributed by atoms with Gasteiger partial charge in [0.2, 0.25) is 5.91 Å². The van der Waals surface area contributed by atoms with Gasteiger partial charge < -0.3 is 11.5 Å². The van der Waals surface area contributed by atoms with E-state index in [-0.39, 0.29) is 48.2 Å². The first kappa shape index (κ1) is 32.2. The topological polar surface area (TPSA) is 114 Å². The third-order valence-corrected chi connectivity index (χ3v) is 8.50. The van der Waals surface area contributed by atoms with Crippen molar-refractivity contribution >= 4 is 50.5 Å². The van der Waals surface area contributed by atoms with Crippen LogP contribution in [0.3, 0.4) is 0 Å². The number of benzene rings is 4. The molecule has 0 spiro atoms. The SMILES string of the molecule is Cc1ccc(S(=O)(=O)NC(=O)Cc2ccc(N=C3NC(=O)/C(=C\c4ccccc4OCc4ccccc4)S3)cc2)cc1.[H-].[Na+]. The molecule has 0 bridgehead atoms. The maximum Gasteiger partial charge on any atom is 1.00 e. The number of amidine groups is 1. The molecule has 11 heteroatoms. The van der Waals surface area contributed by atoms with E-state index in [0.717, 1.165) is 16.7 Å². The summed E-state index contributed by atoms with van der Waals surface area (Å²) in [7, 11) is -3.95.